The summed E-state index contributed by atoms with van der Waals surface area (Å²) >= 11 is 0. The smallest absolute Gasteiger partial charge is 0.240 e. The molecule has 2 fully saturated rings. The van der Waals surface area contributed by atoms with Crippen molar-refractivity contribution >= 4 is 9.92 Å². The van der Waals surface area contributed by atoms with E-state index in [2.05, 4.69) is 0 Å². The zero-order chi connectivity index (χ0) is 9.69. The first-order valence-corrected chi connectivity index (χ1v) is 5.90. The first kappa shape index (κ1) is 9.33. The van der Waals surface area contributed by atoms with Gasteiger partial charge in [0.1, 0.15) is 9.92 Å². The second-order valence-corrected chi connectivity index (χ2v) is 6.06. The minimum absolute atomic E-state index is 0.103. The number of rotatable bonds is 2. The summed E-state index contributed by atoms with van der Waals surface area (Å²) in [5.74, 6) is -2.74. The third-order valence-corrected chi connectivity index (χ3v) is 4.95. The quantitative estimate of drug-likeness (QED) is 0.736. The molecule has 3 nitrogen and oxygen atoms in total. The molecule has 0 aromatic heterocycles. The molecule has 1 saturated carbocycles. The van der Waals surface area contributed by atoms with Crippen molar-refractivity contribution in [1.82, 2.24) is 4.31 Å². The van der Waals surface area contributed by atoms with Gasteiger partial charge in [-0.1, -0.05) is 0 Å². The molecule has 2 rings (SSSR count). The number of hydrogen-bond donors (Lipinski definition) is 1. The Bertz CT molecular complexity index is 310. The Morgan fingerprint density at radius 2 is 2.08 bits per heavy atom. The highest BCUT2D eigenvalue weighted by Gasteiger charge is 2.46. The molecular formula is C7H12F2N2OS. The van der Waals surface area contributed by atoms with Gasteiger partial charge in [-0.25, -0.2) is 22.1 Å². The summed E-state index contributed by atoms with van der Waals surface area (Å²) in [6.45, 7) is -0.391. The Labute approximate surface area is 76.2 Å². The van der Waals surface area contributed by atoms with Gasteiger partial charge in [0.2, 0.25) is 0 Å². The molecule has 1 unspecified atom stereocenters. The summed E-state index contributed by atoms with van der Waals surface area (Å²) < 4.78 is 45.9. The number of alkyl halides is 2. The van der Waals surface area contributed by atoms with Crippen LogP contribution in [0.3, 0.4) is 0 Å². The molecule has 1 aliphatic carbocycles. The summed E-state index contributed by atoms with van der Waals surface area (Å²) in [4.78, 5) is 0. The second kappa shape index (κ2) is 2.63. The van der Waals surface area contributed by atoms with Gasteiger partial charge in [0.25, 0.3) is 5.92 Å². The van der Waals surface area contributed by atoms with E-state index in [1.54, 1.807) is 0 Å². The molecule has 0 bridgehead atoms. The van der Waals surface area contributed by atoms with Crippen LogP contribution < -0.4 is 0 Å². The minimum atomic E-state index is -2.88. The Balaban J connectivity index is 2.11. The average Bonchev–Trinajstić information content (AvgIpc) is 2.76. The fraction of sp³-hybridized carbons (Fsp3) is 1.00. The van der Waals surface area contributed by atoms with Crippen molar-refractivity contribution in [2.45, 2.75) is 30.4 Å². The van der Waals surface area contributed by atoms with E-state index in [1.165, 1.54) is 0 Å². The largest absolute Gasteiger partial charge is 0.262 e. The zero-order valence-corrected chi connectivity index (χ0v) is 7.95. The zero-order valence-electron chi connectivity index (χ0n) is 7.13. The number of nitrogens with one attached hydrogen (secondary N) is 1. The lowest BCUT2D eigenvalue weighted by Crippen LogP contribution is -2.32. The van der Waals surface area contributed by atoms with Crippen LogP contribution in [-0.2, 0) is 9.92 Å². The summed E-state index contributed by atoms with van der Waals surface area (Å²) in [6, 6.07) is 0. The van der Waals surface area contributed by atoms with Crippen molar-refractivity contribution in [3.8, 4) is 0 Å². The first-order chi connectivity index (χ1) is 5.92. The number of halogens is 2. The van der Waals surface area contributed by atoms with E-state index < -0.39 is 22.4 Å². The Hall–Kier alpha value is -0.230. The maximum absolute atomic E-state index is 12.8. The van der Waals surface area contributed by atoms with Crippen molar-refractivity contribution in [1.29, 1.82) is 4.78 Å². The van der Waals surface area contributed by atoms with Crippen LogP contribution in [0.2, 0.25) is 0 Å². The van der Waals surface area contributed by atoms with E-state index in [0.29, 0.717) is 0 Å². The molecule has 0 amide bonds. The van der Waals surface area contributed by atoms with Gasteiger partial charge in [-0.3, -0.25) is 0 Å². The van der Waals surface area contributed by atoms with Crippen LogP contribution in [0.15, 0.2) is 0 Å². The molecule has 0 aromatic rings. The summed E-state index contributed by atoms with van der Waals surface area (Å²) in [5, 5.41) is -0.151. The van der Waals surface area contributed by atoms with Gasteiger partial charge in [-0.05, 0) is 12.8 Å². The normalized spacial score (nSPS) is 33.1. The number of hydrogen-bond acceptors (Lipinski definition) is 2. The van der Waals surface area contributed by atoms with E-state index in [1.807, 2.05) is 0 Å². The van der Waals surface area contributed by atoms with Gasteiger partial charge in [-0.2, -0.15) is 0 Å². The fourth-order valence-electron chi connectivity index (χ4n) is 1.53. The van der Waals surface area contributed by atoms with Crippen molar-refractivity contribution in [2.24, 2.45) is 0 Å². The third kappa shape index (κ3) is 1.69. The highest BCUT2D eigenvalue weighted by atomic mass is 32.2. The third-order valence-electron chi connectivity index (χ3n) is 2.49. The lowest BCUT2D eigenvalue weighted by atomic mass is 10.3. The van der Waals surface area contributed by atoms with Gasteiger partial charge in [-0.15, -0.1) is 0 Å². The van der Waals surface area contributed by atoms with Crippen LogP contribution in [0.25, 0.3) is 0 Å². The lowest BCUT2D eigenvalue weighted by molar-refractivity contribution is 0.0185. The van der Waals surface area contributed by atoms with Crippen LogP contribution >= 0.6 is 0 Å². The SMILES string of the molecule is N=S(=O)(C1CC1)N1CCC(F)(F)C1. The molecule has 0 spiro atoms. The molecule has 0 aromatic carbocycles. The summed E-state index contributed by atoms with van der Waals surface area (Å²) in [5.41, 5.74) is 0. The predicted molar refractivity (Wildman–Crippen MR) is 45.0 cm³/mol. The van der Waals surface area contributed by atoms with Crippen LogP contribution in [0.1, 0.15) is 19.3 Å². The molecule has 76 valence electrons. The summed E-state index contributed by atoms with van der Waals surface area (Å²) in [7, 11) is -2.88. The molecule has 1 N–H and O–H groups in total. The minimum Gasteiger partial charge on any atom is -0.240 e. The van der Waals surface area contributed by atoms with E-state index >= 15 is 0 Å². The maximum atomic E-state index is 12.8. The molecule has 1 saturated heterocycles. The fourth-order valence-corrected chi connectivity index (χ4v) is 3.47. The van der Waals surface area contributed by atoms with Gasteiger partial charge >= 0.3 is 0 Å². The van der Waals surface area contributed by atoms with E-state index in [9.17, 15) is 13.0 Å². The standard InChI is InChI=1S/C7H12F2N2OS/c8-7(9)3-4-11(5-7)13(10,12)6-1-2-6/h6,10H,1-5H2. The van der Waals surface area contributed by atoms with Crippen molar-refractivity contribution in [3.05, 3.63) is 0 Å². The average molecular weight is 210 g/mol. The first-order valence-electron chi connectivity index (χ1n) is 4.32. The monoisotopic (exact) mass is 210 g/mol. The molecule has 2 aliphatic rings. The lowest BCUT2D eigenvalue weighted by Gasteiger charge is -2.18. The molecule has 6 heteroatoms. The van der Waals surface area contributed by atoms with E-state index in [0.717, 1.165) is 17.1 Å². The van der Waals surface area contributed by atoms with E-state index in [-0.39, 0.29) is 18.2 Å². The molecule has 1 heterocycles. The summed E-state index contributed by atoms with van der Waals surface area (Å²) in [6.07, 6.45) is 1.25. The second-order valence-electron chi connectivity index (χ2n) is 3.74. The number of nitrogens with zero attached hydrogens (tertiary/aromatic N) is 1. The molecule has 0 radical (unpaired) electrons. The van der Waals surface area contributed by atoms with Gasteiger partial charge in [0.15, 0.2) is 0 Å². The Morgan fingerprint density at radius 1 is 1.46 bits per heavy atom. The van der Waals surface area contributed by atoms with Crippen molar-refractivity contribution in [3.63, 3.8) is 0 Å². The van der Waals surface area contributed by atoms with Crippen LogP contribution in [0.4, 0.5) is 8.78 Å². The van der Waals surface area contributed by atoms with Crippen molar-refractivity contribution in [2.75, 3.05) is 13.1 Å². The topological polar surface area (TPSA) is 44.2 Å². The molecule has 13 heavy (non-hydrogen) atoms. The maximum Gasteiger partial charge on any atom is 0.262 e. The predicted octanol–water partition coefficient (Wildman–Crippen LogP) is 1.45. The van der Waals surface area contributed by atoms with Crippen LogP contribution in [-0.4, -0.2) is 32.8 Å². The Morgan fingerprint density at radius 3 is 2.46 bits per heavy atom. The van der Waals surface area contributed by atoms with Crippen molar-refractivity contribution < 1.29 is 13.0 Å². The van der Waals surface area contributed by atoms with E-state index in [4.69, 9.17) is 4.78 Å². The molecular weight excluding hydrogens is 198 g/mol. The van der Waals surface area contributed by atoms with Gasteiger partial charge in [0.05, 0.1) is 11.8 Å². The molecule has 1 aliphatic heterocycles. The van der Waals surface area contributed by atoms with Crippen LogP contribution in [0, 0.1) is 4.78 Å². The Kier molecular flexibility index (Phi) is 1.89. The molecule has 1 atom stereocenters. The highest BCUT2D eigenvalue weighted by molar-refractivity contribution is 7.91. The van der Waals surface area contributed by atoms with Gasteiger partial charge < -0.3 is 0 Å². The highest BCUT2D eigenvalue weighted by Crippen LogP contribution is 2.36. The van der Waals surface area contributed by atoms with Crippen LogP contribution in [0.5, 0.6) is 0 Å². The van der Waals surface area contributed by atoms with Gasteiger partial charge in [0, 0.05) is 13.0 Å².